The molecular weight excluding hydrogens is 412 g/mol. The number of esters is 1. The van der Waals surface area contributed by atoms with E-state index < -0.39 is 16.6 Å². The van der Waals surface area contributed by atoms with Crippen molar-refractivity contribution >= 4 is 34.8 Å². The van der Waals surface area contributed by atoms with Gasteiger partial charge in [-0.05, 0) is 49.2 Å². The number of carbonyl (C=O) groups excluding carboxylic acids is 1. The van der Waals surface area contributed by atoms with Gasteiger partial charge in [-0.25, -0.2) is 9.78 Å². The zero-order chi connectivity index (χ0) is 21.8. The summed E-state index contributed by atoms with van der Waals surface area (Å²) in [7, 11) is 1.24. The van der Waals surface area contributed by atoms with Crippen LogP contribution >= 0.6 is 11.6 Å². The minimum atomic E-state index is -0.659. The largest absolute Gasteiger partial charge is 0.465 e. The standard InChI is InChI=1S/C20H17ClN4O5/c1-11-8-13(9-12(2)16(11)21)30-19-17(25(27)28)18(22-10-23-19)24-15-7-5-4-6-14(15)20(26)29-3/h4-10H,1-3H3,(H,22,23,24). The van der Waals surface area contributed by atoms with Gasteiger partial charge in [-0.2, -0.15) is 4.98 Å². The third-order valence-electron chi connectivity index (χ3n) is 4.18. The molecule has 3 rings (SSSR count). The molecule has 0 bridgehead atoms. The van der Waals surface area contributed by atoms with Crippen LogP contribution in [0.1, 0.15) is 21.5 Å². The SMILES string of the molecule is COC(=O)c1ccccc1Nc1ncnc(Oc2cc(C)c(Cl)c(C)c2)c1[N+](=O)[O-]. The molecule has 1 N–H and O–H groups in total. The summed E-state index contributed by atoms with van der Waals surface area (Å²) >= 11 is 6.16. The number of carbonyl (C=O) groups is 1. The summed E-state index contributed by atoms with van der Waals surface area (Å²) in [6.45, 7) is 3.60. The van der Waals surface area contributed by atoms with Crippen LogP contribution in [0.15, 0.2) is 42.7 Å². The summed E-state index contributed by atoms with van der Waals surface area (Å²) in [5.41, 5.74) is 1.51. The molecule has 0 aliphatic carbocycles. The van der Waals surface area contributed by atoms with Gasteiger partial charge in [-0.15, -0.1) is 0 Å². The second-order valence-corrected chi connectivity index (χ2v) is 6.65. The molecule has 1 aromatic heterocycles. The summed E-state index contributed by atoms with van der Waals surface area (Å²) < 4.78 is 10.4. The predicted molar refractivity (Wildman–Crippen MR) is 111 cm³/mol. The van der Waals surface area contributed by atoms with Crippen LogP contribution in [0.2, 0.25) is 5.02 Å². The summed E-state index contributed by atoms with van der Waals surface area (Å²) in [6, 6.07) is 9.72. The number of nitrogens with one attached hydrogen (secondary N) is 1. The molecule has 1 heterocycles. The van der Waals surface area contributed by atoms with Gasteiger partial charge in [-0.3, -0.25) is 10.1 Å². The number of methoxy groups -OCH3 is 1. The Morgan fingerprint density at radius 2 is 1.83 bits per heavy atom. The molecule has 0 saturated carbocycles. The molecule has 2 aromatic carbocycles. The van der Waals surface area contributed by atoms with Crippen molar-refractivity contribution in [1.82, 2.24) is 9.97 Å². The monoisotopic (exact) mass is 428 g/mol. The van der Waals surface area contributed by atoms with Crippen molar-refractivity contribution in [2.45, 2.75) is 13.8 Å². The van der Waals surface area contributed by atoms with Crippen LogP contribution in [0.5, 0.6) is 11.6 Å². The molecule has 154 valence electrons. The number of nitro groups is 1. The minimum Gasteiger partial charge on any atom is -0.465 e. The molecule has 10 heteroatoms. The molecule has 0 unspecified atom stereocenters. The van der Waals surface area contributed by atoms with Crippen molar-refractivity contribution in [1.29, 1.82) is 0 Å². The van der Waals surface area contributed by atoms with Gasteiger partial charge < -0.3 is 14.8 Å². The van der Waals surface area contributed by atoms with Crippen molar-refractivity contribution in [2.75, 3.05) is 12.4 Å². The highest BCUT2D eigenvalue weighted by Crippen LogP contribution is 2.37. The van der Waals surface area contributed by atoms with E-state index in [1.165, 1.54) is 13.2 Å². The lowest BCUT2D eigenvalue weighted by Crippen LogP contribution is -2.08. The number of anilines is 2. The first-order valence-electron chi connectivity index (χ1n) is 8.70. The quantitative estimate of drug-likeness (QED) is 0.332. The predicted octanol–water partition coefficient (Wildman–Crippen LogP) is 4.98. The average molecular weight is 429 g/mol. The summed E-state index contributed by atoms with van der Waals surface area (Å²) in [4.78, 5) is 31.0. The number of hydrogen-bond donors (Lipinski definition) is 1. The van der Waals surface area contributed by atoms with Gasteiger partial charge in [-0.1, -0.05) is 23.7 Å². The Hall–Kier alpha value is -3.72. The Morgan fingerprint density at radius 3 is 2.47 bits per heavy atom. The normalized spacial score (nSPS) is 10.4. The number of halogens is 1. The molecule has 9 nitrogen and oxygen atoms in total. The summed E-state index contributed by atoms with van der Waals surface area (Å²) in [6.07, 6.45) is 1.13. The molecule has 30 heavy (non-hydrogen) atoms. The zero-order valence-corrected chi connectivity index (χ0v) is 17.1. The van der Waals surface area contributed by atoms with Crippen molar-refractivity contribution in [3.05, 3.63) is 74.6 Å². The van der Waals surface area contributed by atoms with Gasteiger partial charge in [0.2, 0.25) is 5.82 Å². The minimum absolute atomic E-state index is 0.135. The third-order valence-corrected chi connectivity index (χ3v) is 4.78. The first-order valence-corrected chi connectivity index (χ1v) is 9.08. The molecule has 0 amide bonds. The van der Waals surface area contributed by atoms with E-state index in [0.29, 0.717) is 10.8 Å². The van der Waals surface area contributed by atoms with Gasteiger partial charge in [0.1, 0.15) is 12.1 Å². The molecule has 0 saturated heterocycles. The Kier molecular flexibility index (Phi) is 6.12. The molecule has 0 atom stereocenters. The lowest BCUT2D eigenvalue weighted by molar-refractivity contribution is -0.385. The fourth-order valence-corrected chi connectivity index (χ4v) is 2.89. The number of aromatic nitrogens is 2. The zero-order valence-electron chi connectivity index (χ0n) is 16.3. The van der Waals surface area contributed by atoms with Crippen molar-refractivity contribution in [3.63, 3.8) is 0 Å². The van der Waals surface area contributed by atoms with Crippen LogP contribution in [-0.2, 0) is 4.74 Å². The van der Waals surface area contributed by atoms with E-state index in [-0.39, 0.29) is 22.9 Å². The maximum Gasteiger partial charge on any atom is 0.373 e. The maximum absolute atomic E-state index is 12.0. The number of hydrogen-bond acceptors (Lipinski definition) is 8. The van der Waals surface area contributed by atoms with Crippen LogP contribution in [0.3, 0.4) is 0 Å². The number of nitrogens with zero attached hydrogens (tertiary/aromatic N) is 3. The van der Waals surface area contributed by atoms with Crippen LogP contribution in [0, 0.1) is 24.0 Å². The molecule has 0 spiro atoms. The van der Waals surface area contributed by atoms with Crippen LogP contribution in [-0.4, -0.2) is 28.0 Å². The summed E-state index contributed by atoms with van der Waals surface area (Å²) in [5, 5.41) is 15.2. The molecule has 0 radical (unpaired) electrons. The van der Waals surface area contributed by atoms with Gasteiger partial charge in [0.05, 0.1) is 23.3 Å². The van der Waals surface area contributed by atoms with Crippen LogP contribution < -0.4 is 10.1 Å². The highest BCUT2D eigenvalue weighted by atomic mass is 35.5. The molecule has 3 aromatic rings. The van der Waals surface area contributed by atoms with E-state index in [9.17, 15) is 14.9 Å². The van der Waals surface area contributed by atoms with Gasteiger partial charge in [0.15, 0.2) is 0 Å². The highest BCUT2D eigenvalue weighted by molar-refractivity contribution is 6.32. The Labute approximate surface area is 176 Å². The molecular formula is C20H17ClN4O5. The lowest BCUT2D eigenvalue weighted by atomic mass is 10.1. The van der Waals surface area contributed by atoms with Gasteiger partial charge in [0.25, 0.3) is 0 Å². The van der Waals surface area contributed by atoms with Gasteiger partial charge in [0, 0.05) is 5.02 Å². The van der Waals surface area contributed by atoms with E-state index >= 15 is 0 Å². The highest BCUT2D eigenvalue weighted by Gasteiger charge is 2.26. The number of rotatable bonds is 6. The average Bonchev–Trinajstić information content (AvgIpc) is 2.71. The number of ether oxygens (including phenoxy) is 2. The lowest BCUT2D eigenvalue weighted by Gasteiger charge is -2.12. The van der Waals surface area contributed by atoms with Crippen LogP contribution in [0.25, 0.3) is 0 Å². The molecule has 0 fully saturated rings. The van der Waals surface area contributed by atoms with Crippen molar-refractivity contribution < 1.29 is 19.2 Å². The first kappa shape index (κ1) is 21.0. The number of para-hydroxylation sites is 1. The van der Waals surface area contributed by atoms with E-state index in [1.54, 1.807) is 44.2 Å². The van der Waals surface area contributed by atoms with Gasteiger partial charge >= 0.3 is 17.5 Å². The smallest absolute Gasteiger partial charge is 0.373 e. The molecule has 0 aliphatic heterocycles. The topological polar surface area (TPSA) is 116 Å². The second-order valence-electron chi connectivity index (χ2n) is 6.27. The van der Waals surface area contributed by atoms with Crippen molar-refractivity contribution in [2.24, 2.45) is 0 Å². The number of benzene rings is 2. The van der Waals surface area contributed by atoms with Crippen molar-refractivity contribution in [3.8, 4) is 11.6 Å². The van der Waals surface area contributed by atoms with E-state index in [4.69, 9.17) is 21.1 Å². The summed E-state index contributed by atoms with van der Waals surface area (Å²) in [5.74, 6) is -0.645. The van der Waals surface area contributed by atoms with E-state index in [0.717, 1.165) is 17.5 Å². The Morgan fingerprint density at radius 1 is 1.17 bits per heavy atom. The first-order chi connectivity index (χ1) is 14.3. The number of aryl methyl sites for hydroxylation is 2. The van der Waals surface area contributed by atoms with Crippen LogP contribution in [0.4, 0.5) is 17.2 Å². The fraction of sp³-hybridized carbons (Fsp3) is 0.150. The Bertz CT molecular complexity index is 1110. The van der Waals surface area contributed by atoms with E-state index in [2.05, 4.69) is 15.3 Å². The fourth-order valence-electron chi connectivity index (χ4n) is 2.78. The molecule has 0 aliphatic rings. The third kappa shape index (κ3) is 4.31. The maximum atomic E-state index is 12.0. The Balaban J connectivity index is 2.03. The second kappa shape index (κ2) is 8.75. The van der Waals surface area contributed by atoms with E-state index in [1.807, 2.05) is 0 Å².